The molecule has 1 saturated carbocycles. The van der Waals surface area contributed by atoms with Crippen LogP contribution in [0.1, 0.15) is 79.2 Å². The first-order valence-corrected chi connectivity index (χ1v) is 12.0. The number of benzene rings is 3. The Labute approximate surface area is 192 Å². The van der Waals surface area contributed by atoms with Gasteiger partial charge < -0.3 is 0 Å². The van der Waals surface area contributed by atoms with E-state index in [0.717, 1.165) is 16.8 Å². The van der Waals surface area contributed by atoms with Crippen molar-refractivity contribution in [3.05, 3.63) is 113 Å². The number of nitrogens with zero attached hydrogens (tertiary/aromatic N) is 2. The van der Waals surface area contributed by atoms with Crippen molar-refractivity contribution < 1.29 is 5.94 Å². The number of aryl methyl sites for hydroxylation is 1. The average molecular weight is 421 g/mol. The maximum absolute atomic E-state index is 10.0. The number of para-hydroxylation sites is 2. The van der Waals surface area contributed by atoms with Gasteiger partial charge in [0.15, 0.2) is 5.69 Å². The van der Waals surface area contributed by atoms with E-state index in [1.165, 1.54) is 60.6 Å². The molecule has 2 nitrogen and oxygen atoms in total. The van der Waals surface area contributed by atoms with E-state index in [-0.39, 0.29) is 0 Å². The molecule has 2 aliphatic rings. The van der Waals surface area contributed by atoms with Crippen LogP contribution in [0.3, 0.4) is 0 Å². The summed E-state index contributed by atoms with van der Waals surface area (Å²) in [5, 5.41) is 0. The molecule has 1 unspecified atom stereocenters. The van der Waals surface area contributed by atoms with E-state index in [4.69, 9.17) is 0 Å². The highest BCUT2D eigenvalue weighted by Crippen LogP contribution is 2.46. The number of aromatic nitrogens is 2. The summed E-state index contributed by atoms with van der Waals surface area (Å²) in [5.41, 5.74) is 8.08. The minimum Gasteiger partial charge on any atom is -0.196 e. The van der Waals surface area contributed by atoms with Crippen LogP contribution in [0.5, 0.6) is 0 Å². The molecule has 3 aromatic carbocycles. The second-order valence-corrected chi connectivity index (χ2v) is 9.34. The molecule has 4 aromatic rings. The number of fused-ring (bicyclic) bond motifs is 3. The topological polar surface area (TPSA) is 8.81 Å². The molecule has 0 saturated heterocycles. The molecule has 1 aromatic heterocycles. The summed E-state index contributed by atoms with van der Waals surface area (Å²) >= 11 is 0. The fraction of sp³-hybridized carbons (Fsp3) is 0.300. The van der Waals surface area contributed by atoms with Crippen molar-refractivity contribution in [1.82, 2.24) is 4.57 Å². The molecule has 1 atom stereocenters. The largest absolute Gasteiger partial charge is 0.270 e. The molecule has 0 N–H and O–H groups in total. The van der Waals surface area contributed by atoms with Gasteiger partial charge in [-0.15, -0.1) is 0 Å². The van der Waals surface area contributed by atoms with Crippen LogP contribution in [0.4, 0.5) is 0 Å². The zero-order valence-electron chi connectivity index (χ0n) is 20.0. The molecule has 1 aliphatic heterocycles. The Morgan fingerprint density at radius 1 is 0.812 bits per heavy atom. The Morgan fingerprint density at radius 2 is 1.50 bits per heavy atom. The number of hydrogen-bond donors (Lipinski definition) is 0. The monoisotopic (exact) mass is 420 g/mol. The second kappa shape index (κ2) is 7.78. The summed E-state index contributed by atoms with van der Waals surface area (Å²) in [7, 11) is 0. The Kier molecular flexibility index (Phi) is 4.48. The summed E-state index contributed by atoms with van der Waals surface area (Å²) in [4.78, 5) is 0. The minimum absolute atomic E-state index is 0.497. The summed E-state index contributed by atoms with van der Waals surface area (Å²) in [6.07, 6.45) is 6.33. The minimum atomic E-state index is -0.931. The van der Waals surface area contributed by atoms with E-state index < -0.39 is 5.89 Å². The molecule has 0 spiro atoms. The first-order valence-electron chi connectivity index (χ1n) is 12.5. The van der Waals surface area contributed by atoms with Crippen LogP contribution in [0, 0.1) is 13.8 Å². The Hall–Kier alpha value is -3.13. The van der Waals surface area contributed by atoms with Crippen molar-refractivity contribution in [3.8, 4) is 11.4 Å². The molecule has 2 heteroatoms. The number of hydrogen-bond acceptors (Lipinski definition) is 0. The highest BCUT2D eigenvalue weighted by Gasteiger charge is 2.45. The van der Waals surface area contributed by atoms with E-state index in [1.807, 2.05) is 6.07 Å². The number of rotatable bonds is 3. The zero-order valence-corrected chi connectivity index (χ0v) is 19.0. The molecule has 0 bridgehead atoms. The summed E-state index contributed by atoms with van der Waals surface area (Å²) in [6, 6.07) is 27.7. The van der Waals surface area contributed by atoms with Crippen LogP contribution in [-0.2, 0) is 0 Å². The molecule has 0 radical (unpaired) electrons. The lowest BCUT2D eigenvalue weighted by Crippen LogP contribution is -2.40. The Morgan fingerprint density at radius 3 is 2.28 bits per heavy atom. The third-order valence-electron chi connectivity index (χ3n) is 7.40. The summed E-state index contributed by atoms with van der Waals surface area (Å²) < 4.78 is 15.0. The van der Waals surface area contributed by atoms with Gasteiger partial charge in [-0.25, -0.2) is 0 Å². The van der Waals surface area contributed by atoms with Gasteiger partial charge in [0.1, 0.15) is 17.1 Å². The molecule has 6 rings (SSSR count). The maximum atomic E-state index is 10.0. The molecule has 160 valence electrons. The zero-order chi connectivity index (χ0) is 22.6. The molecule has 1 aliphatic carbocycles. The van der Waals surface area contributed by atoms with Crippen molar-refractivity contribution in [2.75, 3.05) is 0 Å². The van der Waals surface area contributed by atoms with Crippen molar-refractivity contribution in [2.24, 2.45) is 0 Å². The van der Waals surface area contributed by atoms with Gasteiger partial charge in [-0.2, -0.15) is 9.13 Å². The Bertz CT molecular complexity index is 1330. The van der Waals surface area contributed by atoms with Gasteiger partial charge in [0, 0.05) is 13.9 Å². The van der Waals surface area contributed by atoms with Crippen LogP contribution in [0.15, 0.2) is 78.9 Å². The quantitative estimate of drug-likeness (QED) is 0.318. The Balaban J connectivity index is 1.74. The standard InChI is InChI=1S/C30H31N2/c1-21-13-9-11-19-26(21)31-22(2)29-28(23-14-5-3-6-15-23)25-18-10-12-20-27(25)32(29)30(31)24-16-7-4-8-17-24/h3,5-6,9-15,18-20,24,28H,4,7-8,16-17H2,1-2H3/q+1/i28D. The summed E-state index contributed by atoms with van der Waals surface area (Å²) in [6.45, 7) is 4.43. The first kappa shape index (κ1) is 18.4. The van der Waals surface area contributed by atoms with E-state index in [0.29, 0.717) is 5.92 Å². The van der Waals surface area contributed by atoms with Gasteiger partial charge in [-0.1, -0.05) is 86.0 Å². The van der Waals surface area contributed by atoms with E-state index in [9.17, 15) is 1.37 Å². The van der Waals surface area contributed by atoms with Crippen molar-refractivity contribution >= 4 is 0 Å². The second-order valence-electron chi connectivity index (χ2n) is 9.34. The third-order valence-corrected chi connectivity index (χ3v) is 7.40. The van der Waals surface area contributed by atoms with E-state index in [1.54, 1.807) is 0 Å². The van der Waals surface area contributed by atoms with Crippen LogP contribution in [-0.4, -0.2) is 4.57 Å². The van der Waals surface area contributed by atoms with E-state index in [2.05, 4.69) is 95.8 Å². The highest BCUT2D eigenvalue weighted by atomic mass is 15.2. The maximum Gasteiger partial charge on any atom is 0.270 e. The SMILES string of the molecule is [2H]C1(c2ccccc2)c2ccccc2-n2c1c(C)[n+](-c1ccccc1C)c2C1CCCCC1. The smallest absolute Gasteiger partial charge is 0.196 e. The van der Waals surface area contributed by atoms with Crippen LogP contribution < -0.4 is 4.57 Å². The van der Waals surface area contributed by atoms with Crippen molar-refractivity contribution in [2.45, 2.75) is 57.8 Å². The molecule has 2 heterocycles. The van der Waals surface area contributed by atoms with Gasteiger partial charge >= 0.3 is 0 Å². The predicted molar refractivity (Wildman–Crippen MR) is 130 cm³/mol. The van der Waals surface area contributed by atoms with Gasteiger partial charge in [0.25, 0.3) is 5.82 Å². The lowest BCUT2D eigenvalue weighted by Gasteiger charge is -2.20. The van der Waals surface area contributed by atoms with E-state index >= 15 is 0 Å². The van der Waals surface area contributed by atoms with Crippen LogP contribution in [0.25, 0.3) is 11.4 Å². The van der Waals surface area contributed by atoms with Crippen molar-refractivity contribution in [3.63, 3.8) is 0 Å². The first-order chi connectivity index (χ1) is 16.1. The fourth-order valence-corrected chi connectivity index (χ4v) is 5.94. The van der Waals surface area contributed by atoms with Gasteiger partial charge in [0.05, 0.1) is 11.8 Å². The molecule has 32 heavy (non-hydrogen) atoms. The van der Waals surface area contributed by atoms with Gasteiger partial charge in [0.2, 0.25) is 0 Å². The molecule has 1 fully saturated rings. The normalized spacial score (nSPS) is 20.6. The van der Waals surface area contributed by atoms with Crippen LogP contribution in [0.2, 0.25) is 0 Å². The molecular weight excluding hydrogens is 388 g/mol. The molecule has 0 amide bonds. The third kappa shape index (κ3) is 2.89. The lowest BCUT2D eigenvalue weighted by molar-refractivity contribution is -0.613. The average Bonchev–Trinajstić information content (AvgIpc) is 3.32. The molecular formula is C30H31N2+. The summed E-state index contributed by atoms with van der Waals surface area (Å²) in [5.74, 6) is 0.922. The van der Waals surface area contributed by atoms with Crippen LogP contribution >= 0.6 is 0 Å². The van der Waals surface area contributed by atoms with Gasteiger partial charge in [-0.3, -0.25) is 0 Å². The number of imidazole rings is 1. The predicted octanol–water partition coefficient (Wildman–Crippen LogP) is 6.91. The fourth-order valence-electron chi connectivity index (χ4n) is 5.94. The highest BCUT2D eigenvalue weighted by molar-refractivity contribution is 5.60. The van der Waals surface area contributed by atoms with Gasteiger partial charge in [-0.05, 0) is 43.0 Å². The lowest BCUT2D eigenvalue weighted by atomic mass is 9.88. The van der Waals surface area contributed by atoms with Crippen molar-refractivity contribution in [1.29, 1.82) is 0 Å².